The number of nitrogens with one attached hydrogen (secondary N) is 1. The molecule has 3 aromatic rings. The van der Waals surface area contributed by atoms with Crippen LogP contribution in [-0.2, 0) is 6.42 Å². The predicted octanol–water partition coefficient (Wildman–Crippen LogP) is 2.24. The number of carbonyl (C=O) groups is 1. The number of carbonyl (C=O) groups excluding carboxylic acids is 1. The van der Waals surface area contributed by atoms with Gasteiger partial charge >= 0.3 is 6.03 Å². The predicted molar refractivity (Wildman–Crippen MR) is 83.0 cm³/mol. The van der Waals surface area contributed by atoms with Crippen LogP contribution in [0.25, 0.3) is 11.2 Å². The molecule has 0 radical (unpaired) electrons. The summed E-state index contributed by atoms with van der Waals surface area (Å²) in [6, 6.07) is 11.5. The fraction of sp³-hybridized carbons (Fsp3) is 0.188. The highest BCUT2D eigenvalue weighted by atomic mass is 16.5. The number of hydrogen-bond acceptors (Lipinski definition) is 4. The minimum Gasteiger partial charge on any atom is -0.494 e. The average molecular weight is 296 g/mol. The Hall–Kier alpha value is -2.89. The Morgan fingerprint density at radius 3 is 2.82 bits per heavy atom. The highest BCUT2D eigenvalue weighted by Gasteiger charge is 2.13. The molecule has 3 rings (SSSR count). The van der Waals surface area contributed by atoms with Crippen molar-refractivity contribution in [3.05, 3.63) is 54.5 Å². The third kappa shape index (κ3) is 2.76. The zero-order chi connectivity index (χ0) is 15.4. The van der Waals surface area contributed by atoms with Crippen LogP contribution in [-0.4, -0.2) is 34.2 Å². The maximum Gasteiger partial charge on any atom is 0.328 e. The second kappa shape index (κ2) is 6.26. The van der Waals surface area contributed by atoms with E-state index in [-0.39, 0.29) is 6.03 Å². The number of fused-ring (bicyclic) bond motifs is 1. The van der Waals surface area contributed by atoms with Gasteiger partial charge in [-0.25, -0.2) is 19.3 Å². The summed E-state index contributed by atoms with van der Waals surface area (Å²) < 4.78 is 6.60. The number of benzene rings is 1. The number of rotatable bonds is 4. The number of hydrogen-bond donors (Lipinski definition) is 1. The van der Waals surface area contributed by atoms with Crippen LogP contribution >= 0.6 is 0 Å². The smallest absolute Gasteiger partial charge is 0.328 e. The number of imidazole rings is 1. The Kier molecular flexibility index (Phi) is 4.00. The number of pyridine rings is 1. The minimum absolute atomic E-state index is 0.251. The van der Waals surface area contributed by atoms with E-state index in [1.54, 1.807) is 19.4 Å². The second-order valence-electron chi connectivity index (χ2n) is 4.77. The number of nitrogens with zero attached hydrogens (tertiary/aromatic N) is 3. The first-order chi connectivity index (χ1) is 10.8. The molecule has 0 aliphatic heterocycles. The van der Waals surface area contributed by atoms with Crippen molar-refractivity contribution < 1.29 is 9.53 Å². The Labute approximate surface area is 127 Å². The molecule has 1 aromatic carbocycles. The molecule has 0 saturated heterocycles. The molecule has 0 bridgehead atoms. The molecule has 1 amide bonds. The lowest BCUT2D eigenvalue weighted by Gasteiger charge is -2.06. The zero-order valence-electron chi connectivity index (χ0n) is 12.2. The van der Waals surface area contributed by atoms with Crippen LogP contribution in [0.1, 0.15) is 5.56 Å². The number of methoxy groups -OCH3 is 1. The van der Waals surface area contributed by atoms with E-state index >= 15 is 0 Å². The fourth-order valence-corrected chi connectivity index (χ4v) is 2.25. The quantitative estimate of drug-likeness (QED) is 0.801. The second-order valence-corrected chi connectivity index (χ2v) is 4.77. The van der Waals surface area contributed by atoms with E-state index in [9.17, 15) is 4.79 Å². The summed E-state index contributed by atoms with van der Waals surface area (Å²) in [6.45, 7) is 0.548. The van der Waals surface area contributed by atoms with Crippen molar-refractivity contribution >= 4 is 17.2 Å². The van der Waals surface area contributed by atoms with E-state index in [0.717, 1.165) is 6.42 Å². The molecular weight excluding hydrogens is 280 g/mol. The maximum absolute atomic E-state index is 12.2. The summed E-state index contributed by atoms with van der Waals surface area (Å²) >= 11 is 0. The van der Waals surface area contributed by atoms with E-state index in [4.69, 9.17) is 4.74 Å². The fourth-order valence-electron chi connectivity index (χ4n) is 2.25. The van der Waals surface area contributed by atoms with E-state index < -0.39 is 0 Å². The first kappa shape index (κ1) is 14.1. The van der Waals surface area contributed by atoms with E-state index in [2.05, 4.69) is 15.3 Å². The lowest BCUT2D eigenvalue weighted by Crippen LogP contribution is -2.30. The Morgan fingerprint density at radius 2 is 2.05 bits per heavy atom. The van der Waals surface area contributed by atoms with E-state index in [1.165, 1.54) is 16.5 Å². The molecule has 1 N–H and O–H groups in total. The van der Waals surface area contributed by atoms with Gasteiger partial charge in [0.05, 0.1) is 7.11 Å². The molecule has 0 aliphatic carbocycles. The molecule has 2 heterocycles. The van der Waals surface area contributed by atoms with Gasteiger partial charge in [-0.1, -0.05) is 30.3 Å². The van der Waals surface area contributed by atoms with Gasteiger partial charge < -0.3 is 10.1 Å². The number of amides is 1. The monoisotopic (exact) mass is 296 g/mol. The van der Waals surface area contributed by atoms with Gasteiger partial charge in [-0.15, -0.1) is 0 Å². The summed E-state index contributed by atoms with van der Waals surface area (Å²) in [5, 5.41) is 2.87. The Balaban J connectivity index is 1.70. The summed E-state index contributed by atoms with van der Waals surface area (Å²) in [5.41, 5.74) is 2.23. The number of ether oxygens (including phenoxy) is 1. The van der Waals surface area contributed by atoms with Crippen LogP contribution < -0.4 is 10.1 Å². The van der Waals surface area contributed by atoms with Crippen molar-refractivity contribution in [3.8, 4) is 5.75 Å². The third-order valence-electron chi connectivity index (χ3n) is 3.37. The van der Waals surface area contributed by atoms with Gasteiger partial charge in [0, 0.05) is 18.8 Å². The SMILES string of the molecule is COc1ccnc2c1ncn2C(=O)NCCc1ccccc1. The highest BCUT2D eigenvalue weighted by molar-refractivity contribution is 5.89. The summed E-state index contributed by atoms with van der Waals surface area (Å²) in [4.78, 5) is 20.6. The van der Waals surface area contributed by atoms with Crippen LogP contribution in [0.4, 0.5) is 4.79 Å². The molecule has 0 spiro atoms. The molecular formula is C16H16N4O2. The van der Waals surface area contributed by atoms with E-state index in [1.807, 2.05) is 30.3 Å². The summed E-state index contributed by atoms with van der Waals surface area (Å²) in [5.74, 6) is 0.598. The third-order valence-corrected chi connectivity index (χ3v) is 3.37. The van der Waals surface area contributed by atoms with E-state index in [0.29, 0.717) is 23.5 Å². The lowest BCUT2D eigenvalue weighted by atomic mass is 10.1. The molecule has 0 fully saturated rings. The molecule has 0 atom stereocenters. The van der Waals surface area contributed by atoms with Crippen LogP contribution in [0.3, 0.4) is 0 Å². The Morgan fingerprint density at radius 1 is 1.23 bits per heavy atom. The van der Waals surface area contributed by atoms with Gasteiger partial charge in [-0.3, -0.25) is 0 Å². The molecule has 0 aliphatic rings. The topological polar surface area (TPSA) is 69.0 Å². The molecule has 6 heteroatoms. The minimum atomic E-state index is -0.251. The van der Waals surface area contributed by atoms with Gasteiger partial charge in [0.25, 0.3) is 0 Å². The van der Waals surface area contributed by atoms with Crippen molar-refractivity contribution in [3.63, 3.8) is 0 Å². The molecule has 6 nitrogen and oxygen atoms in total. The van der Waals surface area contributed by atoms with Crippen LogP contribution in [0.15, 0.2) is 48.9 Å². The first-order valence-electron chi connectivity index (χ1n) is 6.98. The zero-order valence-corrected chi connectivity index (χ0v) is 12.2. The molecule has 0 saturated carbocycles. The van der Waals surface area contributed by atoms with Gasteiger partial charge in [-0.05, 0) is 12.0 Å². The van der Waals surface area contributed by atoms with Crippen LogP contribution in [0.2, 0.25) is 0 Å². The van der Waals surface area contributed by atoms with Crippen molar-refractivity contribution in [2.45, 2.75) is 6.42 Å². The Bertz CT molecular complexity index is 783. The first-order valence-corrected chi connectivity index (χ1v) is 6.98. The molecule has 22 heavy (non-hydrogen) atoms. The molecule has 112 valence electrons. The number of aromatic nitrogens is 3. The van der Waals surface area contributed by atoms with Crippen LogP contribution in [0.5, 0.6) is 5.75 Å². The average Bonchev–Trinajstić information content (AvgIpc) is 3.00. The van der Waals surface area contributed by atoms with Crippen molar-refractivity contribution in [2.24, 2.45) is 0 Å². The van der Waals surface area contributed by atoms with Crippen molar-refractivity contribution in [1.82, 2.24) is 19.9 Å². The van der Waals surface area contributed by atoms with Crippen LogP contribution in [0, 0.1) is 0 Å². The van der Waals surface area contributed by atoms with Gasteiger partial charge in [-0.2, -0.15) is 0 Å². The molecule has 0 unspecified atom stereocenters. The largest absolute Gasteiger partial charge is 0.494 e. The summed E-state index contributed by atoms with van der Waals surface area (Å²) in [7, 11) is 1.56. The molecule has 2 aromatic heterocycles. The van der Waals surface area contributed by atoms with Gasteiger partial charge in [0.15, 0.2) is 11.2 Å². The lowest BCUT2D eigenvalue weighted by molar-refractivity contribution is 0.243. The van der Waals surface area contributed by atoms with Crippen molar-refractivity contribution in [2.75, 3.05) is 13.7 Å². The summed E-state index contributed by atoms with van der Waals surface area (Å²) in [6.07, 6.45) is 3.82. The standard InChI is InChI=1S/C16H16N4O2/c1-22-13-8-10-17-15-14(13)19-11-20(15)16(21)18-9-7-12-5-3-2-4-6-12/h2-6,8,10-11H,7,9H2,1H3,(H,18,21). The van der Waals surface area contributed by atoms with Crippen molar-refractivity contribution in [1.29, 1.82) is 0 Å². The normalized spacial score (nSPS) is 10.6. The van der Waals surface area contributed by atoms with Gasteiger partial charge in [0.2, 0.25) is 0 Å². The highest BCUT2D eigenvalue weighted by Crippen LogP contribution is 2.21. The maximum atomic E-state index is 12.2. The van der Waals surface area contributed by atoms with Gasteiger partial charge in [0.1, 0.15) is 12.1 Å².